The molecule has 0 aliphatic heterocycles. The number of benzene rings is 1. The van der Waals surface area contributed by atoms with Crippen molar-refractivity contribution in [2.24, 2.45) is 5.92 Å². The first-order valence-electron chi connectivity index (χ1n) is 5.19. The Morgan fingerprint density at radius 3 is 2.14 bits per heavy atom. The van der Waals surface area contributed by atoms with E-state index >= 15 is 0 Å². The number of carbonyl (C=O) groups is 1. The Labute approximate surface area is 85.1 Å². The second-order valence-corrected chi connectivity index (χ2v) is 4.49. The summed E-state index contributed by atoms with van der Waals surface area (Å²) in [5.74, 6) is 1.12. The van der Waals surface area contributed by atoms with Gasteiger partial charge < -0.3 is 0 Å². The molecule has 1 aliphatic carbocycles. The van der Waals surface area contributed by atoms with Gasteiger partial charge in [-0.2, -0.15) is 0 Å². The minimum absolute atomic E-state index is 0.233. The van der Waals surface area contributed by atoms with Crippen LogP contribution in [0.1, 0.15) is 36.0 Å². The smallest absolute Gasteiger partial charge is 0.136 e. The highest BCUT2D eigenvalue weighted by Gasteiger charge is 2.36. The third-order valence-electron chi connectivity index (χ3n) is 3.20. The summed E-state index contributed by atoms with van der Waals surface area (Å²) in [6.45, 7) is 6.26. The highest BCUT2D eigenvalue weighted by atomic mass is 16.1. The minimum Gasteiger partial charge on any atom is -0.299 e. The van der Waals surface area contributed by atoms with Gasteiger partial charge in [-0.3, -0.25) is 4.79 Å². The molecule has 74 valence electrons. The molecule has 1 aromatic carbocycles. The van der Waals surface area contributed by atoms with Crippen molar-refractivity contribution in [3.05, 3.63) is 34.9 Å². The molecule has 2 unspecified atom stereocenters. The van der Waals surface area contributed by atoms with E-state index in [-0.39, 0.29) is 5.92 Å². The second-order valence-electron chi connectivity index (χ2n) is 4.49. The Balaban J connectivity index is 2.29. The lowest BCUT2D eigenvalue weighted by Gasteiger charge is -2.32. The fourth-order valence-corrected chi connectivity index (χ4v) is 2.27. The molecule has 2 atom stereocenters. The second kappa shape index (κ2) is 3.23. The molecule has 0 radical (unpaired) electrons. The standard InChI is InChI=1S/C13H16O/c1-8-4-9(2)6-11(5-8)12-7-13(14)10(12)3/h4-6,10,12H,7H2,1-3H3. The van der Waals surface area contributed by atoms with Crippen LogP contribution < -0.4 is 0 Å². The number of ketones is 1. The highest BCUT2D eigenvalue weighted by Crippen LogP contribution is 2.39. The van der Waals surface area contributed by atoms with Crippen LogP contribution in [0.5, 0.6) is 0 Å². The average Bonchev–Trinajstić information content (AvgIpc) is 2.11. The molecule has 0 bridgehead atoms. The molecule has 1 aliphatic rings. The zero-order valence-corrected chi connectivity index (χ0v) is 9.00. The molecule has 1 aromatic rings. The lowest BCUT2D eigenvalue weighted by molar-refractivity contribution is -0.130. The van der Waals surface area contributed by atoms with Crippen molar-refractivity contribution in [1.29, 1.82) is 0 Å². The van der Waals surface area contributed by atoms with E-state index in [4.69, 9.17) is 0 Å². The van der Waals surface area contributed by atoms with Gasteiger partial charge in [0, 0.05) is 18.3 Å². The molecule has 1 fully saturated rings. The van der Waals surface area contributed by atoms with Crippen molar-refractivity contribution < 1.29 is 4.79 Å². The zero-order valence-electron chi connectivity index (χ0n) is 9.00. The quantitative estimate of drug-likeness (QED) is 0.662. The summed E-state index contributed by atoms with van der Waals surface area (Å²) >= 11 is 0. The number of carbonyl (C=O) groups excluding carboxylic acids is 1. The third kappa shape index (κ3) is 1.47. The van der Waals surface area contributed by atoms with E-state index in [1.165, 1.54) is 16.7 Å². The van der Waals surface area contributed by atoms with E-state index in [9.17, 15) is 4.79 Å². The third-order valence-corrected chi connectivity index (χ3v) is 3.20. The van der Waals surface area contributed by atoms with E-state index in [0.717, 1.165) is 6.42 Å². The van der Waals surface area contributed by atoms with Crippen LogP contribution in [0.4, 0.5) is 0 Å². The summed E-state index contributed by atoms with van der Waals surface area (Å²) in [5.41, 5.74) is 3.94. The fraction of sp³-hybridized carbons (Fsp3) is 0.462. The molecule has 0 aromatic heterocycles. The van der Waals surface area contributed by atoms with Crippen LogP contribution in [-0.2, 0) is 4.79 Å². The number of aryl methyl sites for hydroxylation is 2. The maximum atomic E-state index is 11.2. The van der Waals surface area contributed by atoms with Crippen molar-refractivity contribution in [2.45, 2.75) is 33.1 Å². The molecule has 1 heteroatoms. The van der Waals surface area contributed by atoms with Crippen molar-refractivity contribution in [3.8, 4) is 0 Å². The Morgan fingerprint density at radius 2 is 1.71 bits per heavy atom. The molecular formula is C13H16O. The predicted octanol–water partition coefficient (Wildman–Crippen LogP) is 3.00. The van der Waals surface area contributed by atoms with Crippen molar-refractivity contribution in [2.75, 3.05) is 0 Å². The zero-order chi connectivity index (χ0) is 10.3. The maximum Gasteiger partial charge on any atom is 0.136 e. The van der Waals surface area contributed by atoms with Gasteiger partial charge in [0.2, 0.25) is 0 Å². The Morgan fingerprint density at radius 1 is 1.14 bits per heavy atom. The van der Waals surface area contributed by atoms with Crippen molar-refractivity contribution in [3.63, 3.8) is 0 Å². The molecule has 14 heavy (non-hydrogen) atoms. The van der Waals surface area contributed by atoms with Gasteiger partial charge in [-0.1, -0.05) is 36.2 Å². The summed E-state index contributed by atoms with van der Waals surface area (Å²) in [6, 6.07) is 6.59. The van der Waals surface area contributed by atoms with Gasteiger partial charge in [-0.25, -0.2) is 0 Å². The van der Waals surface area contributed by atoms with E-state index in [1.807, 2.05) is 6.92 Å². The van der Waals surface area contributed by atoms with Gasteiger partial charge in [0.25, 0.3) is 0 Å². The number of rotatable bonds is 1. The molecule has 2 rings (SSSR count). The normalized spacial score (nSPS) is 26.1. The van der Waals surface area contributed by atoms with E-state index < -0.39 is 0 Å². The van der Waals surface area contributed by atoms with Gasteiger partial charge >= 0.3 is 0 Å². The van der Waals surface area contributed by atoms with Crippen LogP contribution in [0.3, 0.4) is 0 Å². The minimum atomic E-state index is 0.233. The number of Topliss-reactive ketones (excluding diaryl/α,β-unsaturated/α-hetero) is 1. The van der Waals surface area contributed by atoms with Crippen LogP contribution in [0.15, 0.2) is 18.2 Å². The highest BCUT2D eigenvalue weighted by molar-refractivity contribution is 5.89. The topological polar surface area (TPSA) is 17.1 Å². The first-order chi connectivity index (χ1) is 6.58. The lowest BCUT2D eigenvalue weighted by atomic mass is 9.69. The molecule has 0 amide bonds. The fourth-order valence-electron chi connectivity index (χ4n) is 2.27. The van der Waals surface area contributed by atoms with E-state index in [1.54, 1.807) is 0 Å². The van der Waals surface area contributed by atoms with Gasteiger partial charge in [0.1, 0.15) is 5.78 Å². The first-order valence-corrected chi connectivity index (χ1v) is 5.19. The number of hydrogen-bond acceptors (Lipinski definition) is 1. The summed E-state index contributed by atoms with van der Waals surface area (Å²) in [4.78, 5) is 11.2. The summed E-state index contributed by atoms with van der Waals surface area (Å²) in [7, 11) is 0. The van der Waals surface area contributed by atoms with Crippen LogP contribution in [-0.4, -0.2) is 5.78 Å². The molecular weight excluding hydrogens is 172 g/mol. The van der Waals surface area contributed by atoms with Gasteiger partial charge in [-0.15, -0.1) is 0 Å². The van der Waals surface area contributed by atoms with Crippen LogP contribution >= 0.6 is 0 Å². The van der Waals surface area contributed by atoms with E-state index in [0.29, 0.717) is 11.7 Å². The first kappa shape index (κ1) is 9.45. The summed E-state index contributed by atoms with van der Waals surface area (Å²) in [6.07, 6.45) is 0.740. The molecule has 0 heterocycles. The molecule has 1 saturated carbocycles. The number of hydrogen-bond donors (Lipinski definition) is 0. The van der Waals surface area contributed by atoms with Crippen molar-refractivity contribution >= 4 is 5.78 Å². The van der Waals surface area contributed by atoms with Crippen LogP contribution in [0, 0.1) is 19.8 Å². The average molecular weight is 188 g/mol. The summed E-state index contributed by atoms with van der Waals surface area (Å²) < 4.78 is 0. The van der Waals surface area contributed by atoms with Gasteiger partial charge in [-0.05, 0) is 19.4 Å². The Bertz CT molecular complexity index is 359. The molecule has 0 N–H and O–H groups in total. The van der Waals surface area contributed by atoms with Crippen LogP contribution in [0.2, 0.25) is 0 Å². The Hall–Kier alpha value is -1.11. The van der Waals surface area contributed by atoms with Gasteiger partial charge in [0.15, 0.2) is 0 Å². The van der Waals surface area contributed by atoms with E-state index in [2.05, 4.69) is 32.0 Å². The largest absolute Gasteiger partial charge is 0.299 e. The molecule has 0 spiro atoms. The SMILES string of the molecule is Cc1cc(C)cc(C2CC(=O)C2C)c1. The van der Waals surface area contributed by atoms with Crippen LogP contribution in [0.25, 0.3) is 0 Å². The monoisotopic (exact) mass is 188 g/mol. The maximum absolute atomic E-state index is 11.2. The van der Waals surface area contributed by atoms with Gasteiger partial charge in [0.05, 0.1) is 0 Å². The summed E-state index contributed by atoms with van der Waals surface area (Å²) in [5, 5.41) is 0. The van der Waals surface area contributed by atoms with Crippen molar-refractivity contribution in [1.82, 2.24) is 0 Å². The Kier molecular flexibility index (Phi) is 2.18. The lowest BCUT2D eigenvalue weighted by Crippen LogP contribution is -2.32. The molecule has 1 nitrogen and oxygen atoms in total. The molecule has 0 saturated heterocycles. The predicted molar refractivity (Wildman–Crippen MR) is 57.4 cm³/mol.